The van der Waals surface area contributed by atoms with E-state index in [0.29, 0.717) is 16.7 Å². The molecule has 4 rings (SSSR count). The first-order valence-corrected chi connectivity index (χ1v) is 12.9. The van der Waals surface area contributed by atoms with Gasteiger partial charge in [0.05, 0.1) is 24.7 Å². The highest BCUT2D eigenvalue weighted by Crippen LogP contribution is 2.43. The molecule has 1 heterocycles. The lowest BCUT2D eigenvalue weighted by molar-refractivity contribution is 0.302. The maximum atomic E-state index is 14.0. The minimum Gasteiger partial charge on any atom is -0.496 e. The maximum absolute atomic E-state index is 14.0. The van der Waals surface area contributed by atoms with Gasteiger partial charge in [-0.05, 0) is 68.7 Å². The second-order valence-corrected chi connectivity index (χ2v) is 11.3. The van der Waals surface area contributed by atoms with Crippen molar-refractivity contribution in [2.75, 3.05) is 12.4 Å². The number of fused-ring (bicyclic) bond motifs is 1. The van der Waals surface area contributed by atoms with Gasteiger partial charge in [-0.1, -0.05) is 32.1 Å². The largest absolute Gasteiger partial charge is 0.496 e. The maximum Gasteiger partial charge on any atom is 0.141 e. The van der Waals surface area contributed by atoms with Crippen LogP contribution in [-0.2, 0) is 6.61 Å². The van der Waals surface area contributed by atoms with E-state index >= 15 is 0 Å². The van der Waals surface area contributed by atoms with Gasteiger partial charge in [-0.2, -0.15) is 0 Å². The van der Waals surface area contributed by atoms with E-state index in [-0.39, 0.29) is 18.0 Å². The molecule has 1 aliphatic heterocycles. The summed E-state index contributed by atoms with van der Waals surface area (Å²) in [6, 6.07) is 14.7. The summed E-state index contributed by atoms with van der Waals surface area (Å²) in [6.45, 7) is 12.8. The third-order valence-corrected chi connectivity index (χ3v) is 6.74. The van der Waals surface area contributed by atoms with E-state index < -0.39 is 0 Å². The van der Waals surface area contributed by atoms with Crippen LogP contribution in [0.1, 0.15) is 51.3 Å². The summed E-state index contributed by atoms with van der Waals surface area (Å²) in [5.41, 5.74) is 6.97. The van der Waals surface area contributed by atoms with E-state index in [1.54, 1.807) is 13.2 Å². The number of benzene rings is 3. The van der Waals surface area contributed by atoms with Crippen LogP contribution in [0.4, 0.5) is 10.1 Å². The van der Waals surface area contributed by atoms with E-state index in [4.69, 9.17) is 13.7 Å². The molecule has 0 spiro atoms. The first-order valence-electron chi connectivity index (χ1n) is 12.1. The Morgan fingerprint density at radius 2 is 1.72 bits per heavy atom. The second kappa shape index (κ2) is 10.5. The van der Waals surface area contributed by atoms with Crippen LogP contribution in [0.5, 0.6) is 17.2 Å². The Bertz CT molecular complexity index is 1300. The van der Waals surface area contributed by atoms with Crippen LogP contribution >= 0.6 is 12.0 Å². The number of anilines is 1. The van der Waals surface area contributed by atoms with Gasteiger partial charge in [0, 0.05) is 39.8 Å². The standard InChI is InChI=1S/C30H34FNO3S/c1-18(2)36-35-22-10-11-24(28(15-22)33-7)23-12-13-26-29(20(4)16-30(5,6)32-26)25(23)17-34-27-14-21(31)9-8-19(27)3/h8-16,18,32H,17H2,1-7H3. The molecule has 6 heteroatoms. The number of nitrogens with one attached hydrogen (secondary N) is 1. The van der Waals surface area contributed by atoms with Crippen molar-refractivity contribution in [3.05, 3.63) is 77.1 Å². The van der Waals surface area contributed by atoms with E-state index in [2.05, 4.69) is 58.1 Å². The molecule has 0 bridgehead atoms. The Labute approximate surface area is 218 Å². The third-order valence-electron chi connectivity index (χ3n) is 6.06. The van der Waals surface area contributed by atoms with Gasteiger partial charge in [0.1, 0.15) is 29.7 Å². The molecule has 0 amide bonds. The Kier molecular flexibility index (Phi) is 7.55. The first kappa shape index (κ1) is 26.0. The van der Waals surface area contributed by atoms with Gasteiger partial charge in [-0.25, -0.2) is 4.39 Å². The number of hydrogen-bond donors (Lipinski definition) is 1. The molecule has 0 radical (unpaired) electrons. The topological polar surface area (TPSA) is 39.7 Å². The molecule has 1 aliphatic rings. The lowest BCUT2D eigenvalue weighted by Gasteiger charge is -2.33. The lowest BCUT2D eigenvalue weighted by Crippen LogP contribution is -2.32. The van der Waals surface area contributed by atoms with E-state index in [0.717, 1.165) is 44.8 Å². The SMILES string of the molecule is COc1cc(OSC(C)C)ccc1-c1ccc2c(c1COc1cc(F)ccc1C)C(C)=CC(C)(C)N2. The Morgan fingerprint density at radius 1 is 0.972 bits per heavy atom. The van der Waals surface area contributed by atoms with E-state index in [9.17, 15) is 4.39 Å². The fourth-order valence-electron chi connectivity index (χ4n) is 4.58. The van der Waals surface area contributed by atoms with Gasteiger partial charge < -0.3 is 19.0 Å². The molecular formula is C30H34FNO3S. The fourth-order valence-corrected chi connectivity index (χ4v) is 4.99. The molecule has 0 unspecified atom stereocenters. The lowest BCUT2D eigenvalue weighted by atomic mass is 9.85. The zero-order valence-corrected chi connectivity index (χ0v) is 22.8. The number of rotatable bonds is 8. The van der Waals surface area contributed by atoms with Gasteiger partial charge >= 0.3 is 0 Å². The van der Waals surface area contributed by atoms with Crippen molar-refractivity contribution in [3.63, 3.8) is 0 Å². The normalized spacial score (nSPS) is 14.1. The predicted octanol–water partition coefficient (Wildman–Crippen LogP) is 8.43. The average Bonchev–Trinajstić information content (AvgIpc) is 2.82. The minimum atomic E-state index is -0.318. The molecule has 0 fully saturated rings. The average molecular weight is 508 g/mol. The third kappa shape index (κ3) is 5.65. The Hall–Kier alpha value is -3.12. The van der Waals surface area contributed by atoms with Crippen LogP contribution in [0.15, 0.2) is 54.6 Å². The monoisotopic (exact) mass is 507 g/mol. The van der Waals surface area contributed by atoms with Crippen molar-refractivity contribution in [3.8, 4) is 28.4 Å². The number of hydrogen-bond acceptors (Lipinski definition) is 5. The molecule has 0 saturated heterocycles. The van der Waals surface area contributed by atoms with Gasteiger partial charge in [0.2, 0.25) is 0 Å². The Morgan fingerprint density at radius 3 is 2.44 bits per heavy atom. The Balaban J connectivity index is 1.82. The summed E-state index contributed by atoms with van der Waals surface area (Å²) in [5, 5.41) is 3.97. The van der Waals surface area contributed by atoms with Crippen LogP contribution in [0.3, 0.4) is 0 Å². The zero-order chi connectivity index (χ0) is 26.0. The summed E-state index contributed by atoms with van der Waals surface area (Å²) in [4.78, 5) is 0. The molecule has 4 nitrogen and oxygen atoms in total. The minimum absolute atomic E-state index is 0.166. The molecule has 0 aliphatic carbocycles. The molecule has 36 heavy (non-hydrogen) atoms. The van der Waals surface area contributed by atoms with Crippen molar-refractivity contribution in [2.24, 2.45) is 0 Å². The van der Waals surface area contributed by atoms with Crippen LogP contribution in [0, 0.1) is 12.7 Å². The van der Waals surface area contributed by atoms with Gasteiger partial charge in [0.25, 0.3) is 0 Å². The van der Waals surface area contributed by atoms with Gasteiger partial charge in [-0.15, -0.1) is 0 Å². The molecule has 0 saturated carbocycles. The van der Waals surface area contributed by atoms with Gasteiger partial charge in [0.15, 0.2) is 0 Å². The number of aryl methyl sites for hydroxylation is 1. The molecule has 190 valence electrons. The molecular weight excluding hydrogens is 473 g/mol. The number of methoxy groups -OCH3 is 1. The van der Waals surface area contributed by atoms with Crippen molar-refractivity contribution in [1.82, 2.24) is 0 Å². The van der Waals surface area contributed by atoms with Gasteiger partial charge in [-0.3, -0.25) is 0 Å². The van der Waals surface area contributed by atoms with Crippen LogP contribution < -0.4 is 19.0 Å². The second-order valence-electron chi connectivity index (χ2n) is 9.98. The number of allylic oxidation sites excluding steroid dienone is 1. The number of halogens is 1. The van der Waals surface area contributed by atoms with Crippen LogP contribution in [0.2, 0.25) is 0 Å². The summed E-state index contributed by atoms with van der Waals surface area (Å²) in [7, 11) is 1.66. The highest BCUT2D eigenvalue weighted by atomic mass is 32.2. The van der Waals surface area contributed by atoms with Crippen LogP contribution in [-0.4, -0.2) is 17.9 Å². The van der Waals surface area contributed by atoms with Crippen molar-refractivity contribution < 1.29 is 18.0 Å². The molecule has 0 aromatic heterocycles. The van der Waals surface area contributed by atoms with E-state index in [1.807, 2.05) is 25.1 Å². The highest BCUT2D eigenvalue weighted by molar-refractivity contribution is 7.95. The van der Waals surface area contributed by atoms with E-state index in [1.165, 1.54) is 24.2 Å². The molecule has 1 N–H and O–H groups in total. The van der Waals surface area contributed by atoms with Crippen LogP contribution in [0.25, 0.3) is 16.7 Å². The molecule has 3 aromatic carbocycles. The predicted molar refractivity (Wildman–Crippen MR) is 149 cm³/mol. The zero-order valence-electron chi connectivity index (χ0n) is 22.0. The summed E-state index contributed by atoms with van der Waals surface area (Å²) < 4.78 is 31.8. The first-order chi connectivity index (χ1) is 17.1. The van der Waals surface area contributed by atoms with Crippen molar-refractivity contribution >= 4 is 23.3 Å². The van der Waals surface area contributed by atoms with Crippen molar-refractivity contribution in [2.45, 2.75) is 58.9 Å². The molecule has 0 atom stereocenters. The van der Waals surface area contributed by atoms with Crippen molar-refractivity contribution in [1.29, 1.82) is 0 Å². The smallest absolute Gasteiger partial charge is 0.141 e. The summed E-state index contributed by atoms with van der Waals surface area (Å²) in [5.74, 6) is 1.67. The highest BCUT2D eigenvalue weighted by Gasteiger charge is 2.27. The summed E-state index contributed by atoms with van der Waals surface area (Å²) in [6.07, 6.45) is 2.23. The number of ether oxygens (including phenoxy) is 2. The summed E-state index contributed by atoms with van der Waals surface area (Å²) >= 11 is 1.41. The fraction of sp³-hybridized carbons (Fsp3) is 0.333. The quantitative estimate of drug-likeness (QED) is 0.310. The molecule has 3 aromatic rings.